The number of nitrogens with zero attached hydrogens (tertiary/aromatic N) is 1. The van der Waals surface area contributed by atoms with Gasteiger partial charge in [-0.05, 0) is 18.8 Å². The lowest BCUT2D eigenvalue weighted by molar-refractivity contribution is -0.198. The minimum atomic E-state index is -0.462. The van der Waals surface area contributed by atoms with Gasteiger partial charge in [0.2, 0.25) is 0 Å². The number of rotatable bonds is 3. The Bertz CT molecular complexity index is 304. The SMILES string of the molecule is O=C(CC1CCCC1)ON1C(=O)CCC1=O. The van der Waals surface area contributed by atoms with Crippen LogP contribution in [0.2, 0.25) is 0 Å². The predicted molar refractivity (Wildman–Crippen MR) is 53.8 cm³/mol. The van der Waals surface area contributed by atoms with Crippen molar-refractivity contribution in [3.63, 3.8) is 0 Å². The monoisotopic (exact) mass is 225 g/mol. The Kier molecular flexibility index (Phi) is 3.22. The van der Waals surface area contributed by atoms with Gasteiger partial charge in [-0.1, -0.05) is 12.8 Å². The van der Waals surface area contributed by atoms with Crippen molar-refractivity contribution in [3.05, 3.63) is 0 Å². The van der Waals surface area contributed by atoms with E-state index in [1.54, 1.807) is 0 Å². The van der Waals surface area contributed by atoms with Gasteiger partial charge in [0, 0.05) is 12.8 Å². The Balaban J connectivity index is 1.82. The summed E-state index contributed by atoms with van der Waals surface area (Å²) in [4.78, 5) is 38.6. The summed E-state index contributed by atoms with van der Waals surface area (Å²) in [5.41, 5.74) is 0. The summed E-state index contributed by atoms with van der Waals surface area (Å²) in [6.45, 7) is 0. The van der Waals surface area contributed by atoms with Crippen molar-refractivity contribution < 1.29 is 19.2 Å². The number of carbonyl (C=O) groups excluding carboxylic acids is 3. The smallest absolute Gasteiger partial charge is 0.330 e. The van der Waals surface area contributed by atoms with Crippen molar-refractivity contribution in [1.82, 2.24) is 5.06 Å². The summed E-state index contributed by atoms with van der Waals surface area (Å²) >= 11 is 0. The second-order valence-electron chi connectivity index (χ2n) is 4.40. The van der Waals surface area contributed by atoms with Crippen LogP contribution in [0.4, 0.5) is 0 Å². The van der Waals surface area contributed by atoms with Crippen LogP contribution < -0.4 is 0 Å². The maximum absolute atomic E-state index is 11.5. The van der Waals surface area contributed by atoms with E-state index in [-0.39, 0.29) is 12.8 Å². The molecule has 16 heavy (non-hydrogen) atoms. The van der Waals surface area contributed by atoms with Gasteiger partial charge in [0.15, 0.2) is 0 Å². The topological polar surface area (TPSA) is 63.7 Å². The molecule has 0 N–H and O–H groups in total. The lowest BCUT2D eigenvalue weighted by Gasteiger charge is -2.14. The summed E-state index contributed by atoms with van der Waals surface area (Å²) in [7, 11) is 0. The third kappa shape index (κ3) is 2.40. The highest BCUT2D eigenvalue weighted by Gasteiger charge is 2.33. The average Bonchev–Trinajstić information content (AvgIpc) is 2.83. The molecular weight excluding hydrogens is 210 g/mol. The maximum atomic E-state index is 11.5. The molecule has 2 fully saturated rings. The van der Waals surface area contributed by atoms with Crippen LogP contribution in [0.5, 0.6) is 0 Å². The highest BCUT2D eigenvalue weighted by molar-refractivity contribution is 6.01. The maximum Gasteiger partial charge on any atom is 0.333 e. The van der Waals surface area contributed by atoms with Gasteiger partial charge >= 0.3 is 5.97 Å². The first-order valence-electron chi connectivity index (χ1n) is 5.73. The molecule has 0 radical (unpaired) electrons. The fraction of sp³-hybridized carbons (Fsp3) is 0.727. The van der Waals surface area contributed by atoms with Gasteiger partial charge in [-0.2, -0.15) is 0 Å². The molecule has 0 bridgehead atoms. The zero-order valence-corrected chi connectivity index (χ0v) is 9.11. The molecule has 0 spiro atoms. The van der Waals surface area contributed by atoms with Crippen LogP contribution in [0.1, 0.15) is 44.9 Å². The molecule has 1 saturated carbocycles. The third-order valence-corrected chi connectivity index (χ3v) is 3.13. The fourth-order valence-electron chi connectivity index (χ4n) is 2.25. The average molecular weight is 225 g/mol. The lowest BCUT2D eigenvalue weighted by atomic mass is 10.1. The second-order valence-corrected chi connectivity index (χ2v) is 4.40. The molecule has 0 aromatic rings. The summed E-state index contributed by atoms with van der Waals surface area (Å²) in [5.74, 6) is -0.926. The van der Waals surface area contributed by atoms with E-state index >= 15 is 0 Å². The second kappa shape index (κ2) is 4.63. The van der Waals surface area contributed by atoms with Gasteiger partial charge in [0.05, 0.1) is 6.42 Å². The Labute approximate surface area is 93.7 Å². The predicted octanol–water partition coefficient (Wildman–Crippen LogP) is 1.17. The van der Waals surface area contributed by atoms with Crippen LogP contribution in [0.25, 0.3) is 0 Å². The van der Waals surface area contributed by atoms with Crippen molar-refractivity contribution in [3.8, 4) is 0 Å². The van der Waals surface area contributed by atoms with Gasteiger partial charge in [0.1, 0.15) is 0 Å². The van der Waals surface area contributed by atoms with Gasteiger partial charge < -0.3 is 4.84 Å². The molecule has 5 nitrogen and oxygen atoms in total. The van der Waals surface area contributed by atoms with Gasteiger partial charge in [-0.15, -0.1) is 5.06 Å². The number of hydroxylamine groups is 2. The molecule has 1 heterocycles. The quantitative estimate of drug-likeness (QED) is 0.676. The normalized spacial score (nSPS) is 21.9. The van der Waals surface area contributed by atoms with E-state index in [1.165, 1.54) is 0 Å². The summed E-state index contributed by atoms with van der Waals surface area (Å²) in [6, 6.07) is 0. The number of imide groups is 1. The molecule has 1 saturated heterocycles. The Morgan fingerprint density at radius 2 is 1.75 bits per heavy atom. The molecule has 88 valence electrons. The van der Waals surface area contributed by atoms with E-state index < -0.39 is 17.8 Å². The number of hydrogen-bond acceptors (Lipinski definition) is 4. The van der Waals surface area contributed by atoms with E-state index in [0.29, 0.717) is 17.4 Å². The first-order chi connectivity index (χ1) is 7.66. The van der Waals surface area contributed by atoms with Crippen molar-refractivity contribution >= 4 is 17.8 Å². The van der Waals surface area contributed by atoms with E-state index in [0.717, 1.165) is 25.7 Å². The molecule has 0 aromatic heterocycles. The van der Waals surface area contributed by atoms with E-state index in [9.17, 15) is 14.4 Å². The van der Waals surface area contributed by atoms with E-state index in [2.05, 4.69) is 0 Å². The minimum Gasteiger partial charge on any atom is -0.330 e. The molecule has 5 heteroatoms. The van der Waals surface area contributed by atoms with Gasteiger partial charge in [-0.3, -0.25) is 9.59 Å². The minimum absolute atomic E-state index is 0.148. The first kappa shape index (κ1) is 11.1. The Morgan fingerprint density at radius 1 is 1.19 bits per heavy atom. The largest absolute Gasteiger partial charge is 0.333 e. The van der Waals surface area contributed by atoms with Crippen molar-refractivity contribution in [2.45, 2.75) is 44.9 Å². The lowest BCUT2D eigenvalue weighted by Crippen LogP contribution is -2.32. The highest BCUT2D eigenvalue weighted by Crippen LogP contribution is 2.28. The molecule has 0 atom stereocenters. The Morgan fingerprint density at radius 3 is 2.31 bits per heavy atom. The summed E-state index contributed by atoms with van der Waals surface area (Å²) < 4.78 is 0. The van der Waals surface area contributed by atoms with Gasteiger partial charge in [0.25, 0.3) is 11.8 Å². The Hall–Kier alpha value is -1.39. The molecule has 1 aliphatic carbocycles. The number of hydrogen-bond donors (Lipinski definition) is 0. The third-order valence-electron chi connectivity index (χ3n) is 3.13. The van der Waals surface area contributed by atoms with E-state index in [4.69, 9.17) is 4.84 Å². The highest BCUT2D eigenvalue weighted by atomic mass is 16.7. The molecule has 0 aromatic carbocycles. The van der Waals surface area contributed by atoms with Crippen LogP contribution in [0.15, 0.2) is 0 Å². The van der Waals surface area contributed by atoms with Crippen LogP contribution in [-0.2, 0) is 19.2 Å². The number of amides is 2. The molecule has 2 rings (SSSR count). The van der Waals surface area contributed by atoms with Crippen LogP contribution in [0.3, 0.4) is 0 Å². The number of carbonyl (C=O) groups is 3. The van der Waals surface area contributed by atoms with Crippen LogP contribution in [0, 0.1) is 5.92 Å². The molecule has 1 aliphatic heterocycles. The molecule has 2 aliphatic rings. The summed E-state index contributed by atoms with van der Waals surface area (Å²) in [5, 5.41) is 0.622. The van der Waals surface area contributed by atoms with Crippen molar-refractivity contribution in [2.24, 2.45) is 5.92 Å². The summed E-state index contributed by atoms with van der Waals surface area (Å²) in [6.07, 6.45) is 5.00. The van der Waals surface area contributed by atoms with Crippen molar-refractivity contribution in [1.29, 1.82) is 0 Å². The molecular formula is C11H15NO4. The molecule has 2 amide bonds. The van der Waals surface area contributed by atoms with Crippen LogP contribution >= 0.6 is 0 Å². The zero-order valence-electron chi connectivity index (χ0n) is 9.11. The first-order valence-corrected chi connectivity index (χ1v) is 5.73. The zero-order chi connectivity index (χ0) is 11.5. The van der Waals surface area contributed by atoms with Gasteiger partial charge in [-0.25, -0.2) is 4.79 Å². The van der Waals surface area contributed by atoms with E-state index in [1.807, 2.05) is 0 Å². The fourth-order valence-corrected chi connectivity index (χ4v) is 2.25. The standard InChI is InChI=1S/C11H15NO4/c13-9-5-6-10(14)12(9)16-11(15)7-8-3-1-2-4-8/h8H,1-7H2. The molecule has 0 unspecified atom stereocenters. The van der Waals surface area contributed by atoms with Crippen molar-refractivity contribution in [2.75, 3.05) is 0 Å². The van der Waals surface area contributed by atoms with Crippen LogP contribution in [-0.4, -0.2) is 22.8 Å².